The zero-order valence-electron chi connectivity index (χ0n) is 16.1. The molecule has 0 N–H and O–H groups in total. The number of esters is 1. The van der Waals surface area contributed by atoms with Crippen LogP contribution in [0.4, 0.5) is 17.6 Å². The molecule has 0 amide bonds. The van der Waals surface area contributed by atoms with Crippen molar-refractivity contribution in [3.05, 3.63) is 94.4 Å². The fraction of sp³-hybridized carbons (Fsp3) is 0.261. The molecule has 2 aromatic carbocycles. The van der Waals surface area contributed by atoms with Gasteiger partial charge >= 0.3 is 17.8 Å². The predicted octanol–water partition coefficient (Wildman–Crippen LogP) is 6.18. The van der Waals surface area contributed by atoms with Crippen LogP contribution in [0.3, 0.4) is 0 Å². The molecule has 0 bridgehead atoms. The summed E-state index contributed by atoms with van der Waals surface area (Å²) in [5, 5.41) is 0.228. The van der Waals surface area contributed by atoms with Gasteiger partial charge < -0.3 is 9.15 Å². The number of carbonyl (C=O) groups excluding carboxylic acids is 1. The first-order chi connectivity index (χ1) is 14.7. The molecule has 8 heteroatoms. The van der Waals surface area contributed by atoms with Gasteiger partial charge in [0.15, 0.2) is 5.41 Å². The van der Waals surface area contributed by atoms with Gasteiger partial charge in [0, 0.05) is 23.4 Å². The highest BCUT2D eigenvalue weighted by Crippen LogP contribution is 2.64. The van der Waals surface area contributed by atoms with E-state index in [1.807, 2.05) is 30.3 Å². The predicted molar refractivity (Wildman–Crippen MR) is 105 cm³/mol. The highest BCUT2D eigenvalue weighted by molar-refractivity contribution is 6.30. The van der Waals surface area contributed by atoms with Gasteiger partial charge in [0.25, 0.3) is 0 Å². The molecule has 3 nitrogen and oxygen atoms in total. The fourth-order valence-electron chi connectivity index (χ4n) is 3.76. The van der Waals surface area contributed by atoms with Crippen LogP contribution in [-0.2, 0) is 28.0 Å². The minimum Gasteiger partial charge on any atom is -0.469 e. The number of rotatable bonds is 6. The number of hydrogen-bond donors (Lipinski definition) is 0. The van der Waals surface area contributed by atoms with Crippen molar-refractivity contribution in [1.29, 1.82) is 0 Å². The topological polar surface area (TPSA) is 39.4 Å². The average molecular weight is 453 g/mol. The second-order valence-electron chi connectivity index (χ2n) is 7.53. The van der Waals surface area contributed by atoms with Crippen LogP contribution in [0.15, 0.2) is 71.3 Å². The SMILES string of the molecule is O=C(OCc1coc(Cc2ccccc2)c1)C1(c2ccc(Cl)cc2)CC(F)(F)C1(F)F. The number of ether oxygens (including phenoxy) is 1. The number of halogens is 5. The van der Waals surface area contributed by atoms with E-state index in [-0.39, 0.29) is 17.2 Å². The van der Waals surface area contributed by atoms with E-state index >= 15 is 0 Å². The molecular formula is C23H17ClF4O3. The first-order valence-electron chi connectivity index (χ1n) is 9.45. The Balaban J connectivity index is 1.51. The van der Waals surface area contributed by atoms with E-state index in [1.54, 1.807) is 6.07 Å². The van der Waals surface area contributed by atoms with E-state index in [2.05, 4.69) is 0 Å². The summed E-state index contributed by atoms with van der Waals surface area (Å²) in [6.45, 7) is -0.381. The molecule has 1 aromatic heterocycles. The molecule has 0 saturated heterocycles. The highest BCUT2D eigenvalue weighted by atomic mass is 35.5. The summed E-state index contributed by atoms with van der Waals surface area (Å²) in [6.07, 6.45) is 0.486. The average Bonchev–Trinajstić information content (AvgIpc) is 3.18. The van der Waals surface area contributed by atoms with Crippen molar-refractivity contribution in [1.82, 2.24) is 0 Å². The van der Waals surface area contributed by atoms with Crippen molar-refractivity contribution in [3.63, 3.8) is 0 Å². The molecule has 1 saturated carbocycles. The quantitative estimate of drug-likeness (QED) is 0.331. The number of benzene rings is 2. The molecule has 0 radical (unpaired) electrons. The Bertz CT molecular complexity index is 1080. The Hall–Kier alpha value is -2.80. The molecule has 0 aliphatic heterocycles. The largest absolute Gasteiger partial charge is 0.469 e. The minimum absolute atomic E-state index is 0.228. The lowest BCUT2D eigenvalue weighted by Gasteiger charge is -2.51. The van der Waals surface area contributed by atoms with Crippen LogP contribution in [0.1, 0.15) is 28.9 Å². The molecule has 3 aromatic rings. The molecule has 31 heavy (non-hydrogen) atoms. The molecule has 1 aliphatic carbocycles. The van der Waals surface area contributed by atoms with Crippen molar-refractivity contribution in [2.24, 2.45) is 0 Å². The second kappa shape index (κ2) is 7.71. The summed E-state index contributed by atoms with van der Waals surface area (Å²) in [5.41, 5.74) is -1.62. The molecule has 4 rings (SSSR count). The Morgan fingerprint density at radius 3 is 2.29 bits per heavy atom. The van der Waals surface area contributed by atoms with Crippen molar-refractivity contribution in [3.8, 4) is 0 Å². The summed E-state index contributed by atoms with van der Waals surface area (Å²) in [5.74, 6) is -9.74. The summed E-state index contributed by atoms with van der Waals surface area (Å²) in [7, 11) is 0. The van der Waals surface area contributed by atoms with Crippen LogP contribution in [0.25, 0.3) is 0 Å². The van der Waals surface area contributed by atoms with Crippen molar-refractivity contribution < 1.29 is 31.5 Å². The van der Waals surface area contributed by atoms with Crippen molar-refractivity contribution >= 4 is 17.6 Å². The standard InChI is InChI=1S/C23H17ClF4O3/c24-18-8-6-17(7-9-18)21(14-22(25,26)23(21,27)28)20(29)31-13-16-11-19(30-12-16)10-15-4-2-1-3-5-15/h1-9,11-12H,10,13-14H2. The van der Waals surface area contributed by atoms with Crippen LogP contribution >= 0.6 is 11.6 Å². The maximum absolute atomic E-state index is 14.5. The molecule has 0 spiro atoms. The minimum atomic E-state index is -4.60. The third-order valence-corrected chi connectivity index (χ3v) is 5.72. The molecule has 1 atom stereocenters. The van der Waals surface area contributed by atoms with E-state index in [0.29, 0.717) is 17.7 Å². The highest BCUT2D eigenvalue weighted by Gasteiger charge is 2.84. The van der Waals surface area contributed by atoms with Crippen LogP contribution < -0.4 is 0 Å². The van der Waals surface area contributed by atoms with E-state index in [4.69, 9.17) is 20.8 Å². The molecule has 1 unspecified atom stereocenters. The third kappa shape index (κ3) is 3.61. The Labute approximate surface area is 180 Å². The fourth-order valence-corrected chi connectivity index (χ4v) is 3.89. The number of furan rings is 1. The molecule has 162 valence electrons. The monoisotopic (exact) mass is 452 g/mol. The van der Waals surface area contributed by atoms with Crippen molar-refractivity contribution in [2.75, 3.05) is 0 Å². The lowest BCUT2D eigenvalue weighted by molar-refractivity contribution is -0.323. The number of hydrogen-bond acceptors (Lipinski definition) is 3. The van der Waals surface area contributed by atoms with Gasteiger partial charge in [0.2, 0.25) is 0 Å². The lowest BCUT2D eigenvalue weighted by atomic mass is 9.58. The van der Waals surface area contributed by atoms with Crippen LogP contribution in [-0.4, -0.2) is 17.8 Å². The summed E-state index contributed by atoms with van der Waals surface area (Å²) in [6, 6.07) is 15.9. The number of alkyl halides is 4. The van der Waals surface area contributed by atoms with Gasteiger partial charge in [-0.2, -0.15) is 17.6 Å². The number of carbonyl (C=O) groups is 1. The van der Waals surface area contributed by atoms with Crippen LogP contribution in [0.5, 0.6) is 0 Å². The van der Waals surface area contributed by atoms with Gasteiger partial charge in [-0.25, -0.2) is 0 Å². The van der Waals surface area contributed by atoms with E-state index in [9.17, 15) is 22.4 Å². The van der Waals surface area contributed by atoms with Gasteiger partial charge in [0.05, 0.1) is 6.26 Å². The summed E-state index contributed by atoms with van der Waals surface area (Å²) < 4.78 is 67.0. The summed E-state index contributed by atoms with van der Waals surface area (Å²) >= 11 is 5.77. The smallest absolute Gasteiger partial charge is 0.330 e. The van der Waals surface area contributed by atoms with Gasteiger partial charge in [0.1, 0.15) is 12.4 Å². The Morgan fingerprint density at radius 1 is 1.00 bits per heavy atom. The van der Waals surface area contributed by atoms with Crippen LogP contribution in [0.2, 0.25) is 5.02 Å². The first kappa shape index (κ1) is 21.4. The first-order valence-corrected chi connectivity index (χ1v) is 9.83. The van der Waals surface area contributed by atoms with Gasteiger partial charge in [-0.05, 0) is 29.3 Å². The Kier molecular flexibility index (Phi) is 5.33. The second-order valence-corrected chi connectivity index (χ2v) is 7.96. The molecule has 1 heterocycles. The zero-order chi connectivity index (χ0) is 22.3. The normalized spacial score (nSPS) is 21.3. The zero-order valence-corrected chi connectivity index (χ0v) is 16.8. The Morgan fingerprint density at radius 2 is 1.68 bits per heavy atom. The third-order valence-electron chi connectivity index (χ3n) is 5.47. The van der Waals surface area contributed by atoms with Gasteiger partial charge in [-0.1, -0.05) is 54.1 Å². The maximum Gasteiger partial charge on any atom is 0.330 e. The van der Waals surface area contributed by atoms with Gasteiger partial charge in [-0.15, -0.1) is 0 Å². The molecular weight excluding hydrogens is 436 g/mol. The van der Waals surface area contributed by atoms with Crippen molar-refractivity contribution in [2.45, 2.75) is 36.7 Å². The van der Waals surface area contributed by atoms with Crippen LogP contribution in [0, 0.1) is 0 Å². The molecule has 1 aliphatic rings. The summed E-state index contributed by atoms with van der Waals surface area (Å²) in [4.78, 5) is 12.7. The van der Waals surface area contributed by atoms with E-state index < -0.39 is 29.7 Å². The molecule has 1 fully saturated rings. The van der Waals surface area contributed by atoms with E-state index in [0.717, 1.165) is 17.7 Å². The van der Waals surface area contributed by atoms with Gasteiger partial charge in [-0.3, -0.25) is 4.79 Å². The van der Waals surface area contributed by atoms with E-state index in [1.165, 1.54) is 18.4 Å². The lowest BCUT2D eigenvalue weighted by Crippen LogP contribution is -2.72. The maximum atomic E-state index is 14.5.